The number of nitrogens with zero attached hydrogens (tertiary/aromatic N) is 2. The van der Waals surface area contributed by atoms with Gasteiger partial charge in [0.15, 0.2) is 0 Å². The van der Waals surface area contributed by atoms with Crippen LogP contribution in [0, 0.1) is 13.8 Å². The molecule has 5 heteroatoms. The van der Waals surface area contributed by atoms with Gasteiger partial charge in [-0.3, -0.25) is 4.79 Å². The number of hydrogen-bond donors (Lipinski definition) is 2. The van der Waals surface area contributed by atoms with Crippen molar-refractivity contribution >= 4 is 16.9 Å². The summed E-state index contributed by atoms with van der Waals surface area (Å²) in [5.41, 5.74) is 4.72. The molecular formula is C18H22N4O. The van der Waals surface area contributed by atoms with Crippen LogP contribution in [0.3, 0.4) is 0 Å². The molecule has 0 bridgehead atoms. The maximum Gasteiger partial charge on any atom is 0.253 e. The van der Waals surface area contributed by atoms with Crippen molar-refractivity contribution in [1.82, 2.24) is 19.9 Å². The maximum atomic E-state index is 12.5. The fourth-order valence-corrected chi connectivity index (χ4v) is 3.15. The Morgan fingerprint density at radius 1 is 1.30 bits per heavy atom. The Balaban J connectivity index is 1.76. The minimum absolute atomic E-state index is 0.0644. The Morgan fingerprint density at radius 2 is 2.04 bits per heavy atom. The summed E-state index contributed by atoms with van der Waals surface area (Å²) in [4.78, 5) is 20.2. The van der Waals surface area contributed by atoms with Gasteiger partial charge in [-0.2, -0.15) is 0 Å². The van der Waals surface area contributed by atoms with E-state index in [1.165, 1.54) is 0 Å². The quantitative estimate of drug-likeness (QED) is 0.775. The van der Waals surface area contributed by atoms with Gasteiger partial charge in [-0.25, -0.2) is 4.98 Å². The van der Waals surface area contributed by atoms with Gasteiger partial charge in [0.1, 0.15) is 5.82 Å². The first-order valence-electron chi connectivity index (χ1n) is 7.87. The largest absolute Gasteiger partial charge is 0.346 e. The number of hydrogen-bond acceptors (Lipinski definition) is 2. The number of carbonyl (C=O) groups excluding carboxylic acids is 1. The van der Waals surface area contributed by atoms with E-state index in [1.807, 2.05) is 44.2 Å². The molecule has 0 fully saturated rings. The number of carbonyl (C=O) groups is 1. The molecule has 0 atom stereocenters. The monoisotopic (exact) mass is 310 g/mol. The number of rotatable bonds is 4. The third kappa shape index (κ3) is 2.86. The fraction of sp³-hybridized carbons (Fsp3) is 0.333. The van der Waals surface area contributed by atoms with Crippen molar-refractivity contribution in [2.24, 2.45) is 0 Å². The third-order valence-electron chi connectivity index (χ3n) is 4.10. The molecule has 0 spiro atoms. The standard InChI is InChI=1S/C18H22N4O/c1-11(2)22-12(3)9-14(13(22)4)18(23)19-10-17-20-15-7-5-6-8-16(15)21-17/h5-9,11H,10H2,1-4H3,(H,19,23)(H,20,21). The Bertz CT molecular complexity index is 824. The zero-order valence-electron chi connectivity index (χ0n) is 14.0. The summed E-state index contributed by atoms with van der Waals surface area (Å²) in [7, 11) is 0. The van der Waals surface area contributed by atoms with E-state index in [4.69, 9.17) is 0 Å². The van der Waals surface area contributed by atoms with Gasteiger partial charge < -0.3 is 14.9 Å². The molecule has 0 aliphatic heterocycles. The van der Waals surface area contributed by atoms with Crippen molar-refractivity contribution in [2.75, 3.05) is 0 Å². The zero-order chi connectivity index (χ0) is 16.6. The van der Waals surface area contributed by atoms with Gasteiger partial charge in [-0.05, 0) is 45.9 Å². The topological polar surface area (TPSA) is 62.7 Å². The molecule has 3 aromatic rings. The number of H-pyrrole nitrogens is 1. The minimum Gasteiger partial charge on any atom is -0.346 e. The summed E-state index contributed by atoms with van der Waals surface area (Å²) in [5.74, 6) is 0.697. The second-order valence-electron chi connectivity index (χ2n) is 6.13. The molecule has 1 aromatic carbocycles. The van der Waals surface area contributed by atoms with Crippen LogP contribution in [0.1, 0.15) is 47.5 Å². The molecule has 3 rings (SSSR count). The van der Waals surface area contributed by atoms with E-state index in [2.05, 4.69) is 33.7 Å². The maximum absolute atomic E-state index is 12.5. The highest BCUT2D eigenvalue weighted by Gasteiger charge is 2.17. The molecule has 0 aliphatic rings. The number of imidazole rings is 1. The molecule has 0 saturated heterocycles. The van der Waals surface area contributed by atoms with Gasteiger partial charge in [-0.1, -0.05) is 12.1 Å². The number of aryl methyl sites for hydroxylation is 1. The van der Waals surface area contributed by atoms with E-state index < -0.39 is 0 Å². The summed E-state index contributed by atoms with van der Waals surface area (Å²) >= 11 is 0. The zero-order valence-corrected chi connectivity index (χ0v) is 14.0. The molecule has 2 heterocycles. The Kier molecular flexibility index (Phi) is 3.94. The number of amides is 1. The predicted octanol–water partition coefficient (Wildman–Crippen LogP) is 3.49. The van der Waals surface area contributed by atoms with Gasteiger partial charge >= 0.3 is 0 Å². The van der Waals surface area contributed by atoms with E-state index in [0.717, 1.165) is 33.8 Å². The average Bonchev–Trinajstić information content (AvgIpc) is 3.05. The van der Waals surface area contributed by atoms with E-state index in [0.29, 0.717) is 12.6 Å². The van der Waals surface area contributed by atoms with E-state index in [-0.39, 0.29) is 5.91 Å². The number of nitrogens with one attached hydrogen (secondary N) is 2. The number of aromatic amines is 1. The van der Waals surface area contributed by atoms with E-state index in [9.17, 15) is 4.79 Å². The van der Waals surface area contributed by atoms with Crippen molar-refractivity contribution in [1.29, 1.82) is 0 Å². The summed E-state index contributed by atoms with van der Waals surface area (Å²) in [6.07, 6.45) is 0. The smallest absolute Gasteiger partial charge is 0.253 e. The molecule has 0 saturated carbocycles. The molecule has 0 unspecified atom stereocenters. The summed E-state index contributed by atoms with van der Waals surface area (Å²) < 4.78 is 2.18. The van der Waals surface area contributed by atoms with E-state index >= 15 is 0 Å². The van der Waals surface area contributed by atoms with Gasteiger partial charge in [0.25, 0.3) is 5.91 Å². The SMILES string of the molecule is Cc1cc(C(=O)NCc2nc3ccccc3[nH]2)c(C)n1C(C)C. The lowest BCUT2D eigenvalue weighted by Crippen LogP contribution is -2.24. The van der Waals surface area contributed by atoms with Crippen molar-refractivity contribution in [3.8, 4) is 0 Å². The van der Waals surface area contributed by atoms with Gasteiger partial charge in [0.2, 0.25) is 0 Å². The molecule has 2 aromatic heterocycles. The first-order valence-corrected chi connectivity index (χ1v) is 7.87. The van der Waals surface area contributed by atoms with Gasteiger partial charge in [0.05, 0.1) is 23.1 Å². The van der Waals surface area contributed by atoms with Crippen molar-refractivity contribution in [2.45, 2.75) is 40.3 Å². The van der Waals surface area contributed by atoms with Crippen molar-refractivity contribution in [3.63, 3.8) is 0 Å². The van der Waals surface area contributed by atoms with Gasteiger partial charge in [0, 0.05) is 17.4 Å². The lowest BCUT2D eigenvalue weighted by atomic mass is 10.2. The van der Waals surface area contributed by atoms with Crippen LogP contribution in [0.5, 0.6) is 0 Å². The van der Waals surface area contributed by atoms with Crippen LogP contribution < -0.4 is 5.32 Å². The van der Waals surface area contributed by atoms with E-state index in [1.54, 1.807) is 0 Å². The number of benzene rings is 1. The summed E-state index contributed by atoms with van der Waals surface area (Å²) in [6.45, 7) is 8.65. The minimum atomic E-state index is -0.0644. The van der Waals surface area contributed by atoms with Crippen LogP contribution in [0.2, 0.25) is 0 Å². The van der Waals surface area contributed by atoms with Crippen LogP contribution >= 0.6 is 0 Å². The van der Waals surface area contributed by atoms with Crippen molar-refractivity contribution < 1.29 is 4.79 Å². The van der Waals surface area contributed by atoms with Crippen LogP contribution in [0.15, 0.2) is 30.3 Å². The number of aromatic nitrogens is 3. The fourth-order valence-electron chi connectivity index (χ4n) is 3.15. The van der Waals surface area contributed by atoms with Gasteiger partial charge in [-0.15, -0.1) is 0 Å². The Hall–Kier alpha value is -2.56. The second kappa shape index (κ2) is 5.91. The molecule has 0 radical (unpaired) electrons. The highest BCUT2D eigenvalue weighted by molar-refractivity contribution is 5.95. The highest BCUT2D eigenvalue weighted by Crippen LogP contribution is 2.20. The van der Waals surface area contributed by atoms with Crippen LogP contribution in [-0.4, -0.2) is 20.4 Å². The second-order valence-corrected chi connectivity index (χ2v) is 6.13. The lowest BCUT2D eigenvalue weighted by molar-refractivity contribution is 0.0949. The summed E-state index contributed by atoms with van der Waals surface area (Å²) in [6, 6.07) is 10.1. The molecular weight excluding hydrogens is 288 g/mol. The average molecular weight is 310 g/mol. The summed E-state index contributed by atoms with van der Waals surface area (Å²) in [5, 5.41) is 2.95. The van der Waals surface area contributed by atoms with Crippen LogP contribution in [0.4, 0.5) is 0 Å². The van der Waals surface area contributed by atoms with Crippen LogP contribution in [0.25, 0.3) is 11.0 Å². The van der Waals surface area contributed by atoms with Crippen LogP contribution in [-0.2, 0) is 6.54 Å². The molecule has 2 N–H and O–H groups in total. The van der Waals surface area contributed by atoms with Crippen molar-refractivity contribution in [3.05, 3.63) is 53.1 Å². The number of para-hydroxylation sites is 2. The normalized spacial score (nSPS) is 11.3. The molecule has 120 valence electrons. The molecule has 1 amide bonds. The Morgan fingerprint density at radius 3 is 2.70 bits per heavy atom. The first-order chi connectivity index (χ1) is 11.0. The molecule has 5 nitrogen and oxygen atoms in total. The highest BCUT2D eigenvalue weighted by atomic mass is 16.1. The lowest BCUT2D eigenvalue weighted by Gasteiger charge is -2.13. The predicted molar refractivity (Wildman–Crippen MR) is 91.6 cm³/mol. The first kappa shape index (κ1) is 15.3. The molecule has 23 heavy (non-hydrogen) atoms. The third-order valence-corrected chi connectivity index (χ3v) is 4.10. The molecule has 0 aliphatic carbocycles. The number of fused-ring (bicyclic) bond motifs is 1. The Labute approximate surface area is 135 Å².